The largest absolute Gasteiger partial charge is 0.372 e. The summed E-state index contributed by atoms with van der Waals surface area (Å²) in [5.41, 5.74) is 3.10. The first-order valence-corrected chi connectivity index (χ1v) is 9.36. The molecule has 0 spiro atoms. The predicted octanol–water partition coefficient (Wildman–Crippen LogP) is 1.96. The van der Waals surface area contributed by atoms with E-state index in [0.29, 0.717) is 46.0 Å². The molecule has 0 aliphatic carbocycles. The van der Waals surface area contributed by atoms with E-state index in [-0.39, 0.29) is 18.0 Å². The second-order valence-electron chi connectivity index (χ2n) is 7.07. The lowest BCUT2D eigenvalue weighted by Gasteiger charge is -2.24. The van der Waals surface area contributed by atoms with Gasteiger partial charge in [-0.3, -0.25) is 4.79 Å². The van der Waals surface area contributed by atoms with Crippen molar-refractivity contribution >= 4 is 17.6 Å². The Labute approximate surface area is 153 Å². The minimum atomic E-state index is -0.288. The summed E-state index contributed by atoms with van der Waals surface area (Å²) < 4.78 is 10.9. The number of hydrogen-bond acceptors (Lipinski definition) is 4. The van der Waals surface area contributed by atoms with E-state index in [0.717, 1.165) is 30.5 Å². The lowest BCUT2D eigenvalue weighted by molar-refractivity contribution is -0.140. The molecular formula is C19H25N3O4. The smallest absolute Gasteiger partial charge is 0.321 e. The first kappa shape index (κ1) is 17.3. The summed E-state index contributed by atoms with van der Waals surface area (Å²) >= 11 is 0. The molecule has 1 atom stereocenters. The van der Waals surface area contributed by atoms with Crippen LogP contribution in [-0.2, 0) is 27.5 Å². The zero-order valence-corrected chi connectivity index (χ0v) is 14.9. The van der Waals surface area contributed by atoms with Crippen LogP contribution in [0.4, 0.5) is 10.5 Å². The summed E-state index contributed by atoms with van der Waals surface area (Å²) in [7, 11) is 0. The molecule has 3 aliphatic rings. The van der Waals surface area contributed by atoms with Crippen molar-refractivity contribution in [3.05, 3.63) is 29.3 Å². The predicted molar refractivity (Wildman–Crippen MR) is 95.7 cm³/mol. The topological polar surface area (TPSA) is 71.1 Å². The number of benzene rings is 1. The van der Waals surface area contributed by atoms with Crippen molar-refractivity contribution in [1.29, 1.82) is 0 Å². The van der Waals surface area contributed by atoms with Crippen LogP contribution in [0, 0.1) is 0 Å². The molecule has 1 aromatic carbocycles. The molecule has 7 heteroatoms. The van der Waals surface area contributed by atoms with E-state index in [1.807, 2.05) is 23.1 Å². The number of ether oxygens (including phenoxy) is 2. The number of rotatable bonds is 2. The Balaban J connectivity index is 1.33. The van der Waals surface area contributed by atoms with Crippen LogP contribution in [0.25, 0.3) is 0 Å². The van der Waals surface area contributed by atoms with E-state index in [9.17, 15) is 9.59 Å². The van der Waals surface area contributed by atoms with E-state index in [1.165, 1.54) is 5.56 Å². The van der Waals surface area contributed by atoms with E-state index in [1.54, 1.807) is 4.90 Å². The van der Waals surface area contributed by atoms with Gasteiger partial charge in [-0.2, -0.15) is 0 Å². The molecule has 2 fully saturated rings. The van der Waals surface area contributed by atoms with E-state index < -0.39 is 0 Å². The molecule has 3 aliphatic heterocycles. The molecule has 140 valence electrons. The van der Waals surface area contributed by atoms with Gasteiger partial charge in [0.25, 0.3) is 5.91 Å². The van der Waals surface area contributed by atoms with Crippen LogP contribution >= 0.6 is 0 Å². The van der Waals surface area contributed by atoms with Crippen molar-refractivity contribution in [3.63, 3.8) is 0 Å². The van der Waals surface area contributed by atoms with Crippen molar-refractivity contribution in [2.75, 3.05) is 38.1 Å². The fraction of sp³-hybridized carbons (Fsp3) is 0.579. The number of amides is 3. The molecule has 0 radical (unpaired) electrons. The third-order valence-electron chi connectivity index (χ3n) is 5.27. The van der Waals surface area contributed by atoms with Gasteiger partial charge in [-0.05, 0) is 42.5 Å². The molecule has 0 unspecified atom stereocenters. The monoisotopic (exact) mass is 359 g/mol. The average molecular weight is 359 g/mol. The van der Waals surface area contributed by atoms with E-state index in [2.05, 4.69) is 5.32 Å². The number of anilines is 1. The fourth-order valence-electron chi connectivity index (χ4n) is 3.77. The van der Waals surface area contributed by atoms with E-state index in [4.69, 9.17) is 9.47 Å². The van der Waals surface area contributed by atoms with Crippen molar-refractivity contribution < 1.29 is 19.1 Å². The van der Waals surface area contributed by atoms with Gasteiger partial charge in [-0.25, -0.2) is 4.79 Å². The summed E-state index contributed by atoms with van der Waals surface area (Å²) in [5.74, 6) is 0.0726. The maximum atomic E-state index is 12.6. The maximum absolute atomic E-state index is 12.6. The average Bonchev–Trinajstić information content (AvgIpc) is 3.28. The summed E-state index contributed by atoms with van der Waals surface area (Å²) in [6, 6.07) is 5.78. The van der Waals surface area contributed by atoms with Crippen LogP contribution in [0.1, 0.15) is 30.4 Å². The van der Waals surface area contributed by atoms with E-state index >= 15 is 0 Å². The van der Waals surface area contributed by atoms with Gasteiger partial charge in [0, 0.05) is 38.5 Å². The van der Waals surface area contributed by atoms with Gasteiger partial charge in [0.1, 0.15) is 6.10 Å². The van der Waals surface area contributed by atoms with Crippen LogP contribution in [0.3, 0.4) is 0 Å². The molecule has 4 rings (SSSR count). The van der Waals surface area contributed by atoms with Gasteiger partial charge >= 0.3 is 6.03 Å². The number of carbonyl (C=O) groups excluding carboxylic acids is 2. The number of nitrogens with zero attached hydrogens (tertiary/aromatic N) is 2. The molecule has 0 saturated carbocycles. The fourth-order valence-corrected chi connectivity index (χ4v) is 3.77. The SMILES string of the molecule is O=C(Nc1ccc2c(c1)COC2)N1CCCN(C(=O)[C@@H]2CCCO2)CC1. The minimum absolute atomic E-state index is 0.0726. The Morgan fingerprint density at radius 3 is 2.65 bits per heavy atom. The summed E-state index contributed by atoms with van der Waals surface area (Å²) in [6.07, 6.45) is 2.25. The molecular weight excluding hydrogens is 334 g/mol. The first-order valence-electron chi connectivity index (χ1n) is 9.36. The van der Waals surface area contributed by atoms with Crippen molar-refractivity contribution in [2.45, 2.75) is 38.6 Å². The highest BCUT2D eigenvalue weighted by Crippen LogP contribution is 2.23. The standard InChI is InChI=1S/C19H25N3O4/c23-18(17-3-1-10-26-17)21-6-2-7-22(9-8-21)19(24)20-16-5-4-14-12-25-13-15(14)11-16/h4-5,11,17H,1-3,6-10,12-13H2,(H,20,24)/t17-/m0/s1. The van der Waals surface area contributed by atoms with Crippen LogP contribution in [-0.4, -0.2) is 60.6 Å². The molecule has 3 amide bonds. The quantitative estimate of drug-likeness (QED) is 0.876. The molecule has 3 heterocycles. The third kappa shape index (κ3) is 3.68. The normalized spacial score (nSPS) is 22.8. The second kappa shape index (κ2) is 7.63. The third-order valence-corrected chi connectivity index (χ3v) is 5.27. The lowest BCUT2D eigenvalue weighted by Crippen LogP contribution is -2.42. The van der Waals surface area contributed by atoms with Gasteiger partial charge in [0.15, 0.2) is 0 Å². The Morgan fingerprint density at radius 2 is 1.81 bits per heavy atom. The minimum Gasteiger partial charge on any atom is -0.372 e. The highest BCUT2D eigenvalue weighted by atomic mass is 16.5. The number of urea groups is 1. The number of fused-ring (bicyclic) bond motifs is 1. The Bertz CT molecular complexity index is 687. The van der Waals surface area contributed by atoms with Crippen LogP contribution in [0.2, 0.25) is 0 Å². The lowest BCUT2D eigenvalue weighted by atomic mass is 10.1. The number of carbonyl (C=O) groups is 2. The molecule has 1 N–H and O–H groups in total. The molecule has 0 aromatic heterocycles. The van der Waals surface area contributed by atoms with Crippen molar-refractivity contribution in [3.8, 4) is 0 Å². The number of hydrogen-bond donors (Lipinski definition) is 1. The van der Waals surface area contributed by atoms with Crippen LogP contribution in [0.15, 0.2) is 18.2 Å². The highest BCUT2D eigenvalue weighted by molar-refractivity contribution is 5.89. The molecule has 1 aromatic rings. The highest BCUT2D eigenvalue weighted by Gasteiger charge is 2.30. The Morgan fingerprint density at radius 1 is 1.00 bits per heavy atom. The van der Waals surface area contributed by atoms with Crippen molar-refractivity contribution in [1.82, 2.24) is 9.80 Å². The summed E-state index contributed by atoms with van der Waals surface area (Å²) in [5, 5.41) is 2.97. The van der Waals surface area contributed by atoms with Crippen LogP contribution < -0.4 is 5.32 Å². The molecule has 0 bridgehead atoms. The second-order valence-corrected chi connectivity index (χ2v) is 7.07. The Kier molecular flexibility index (Phi) is 5.08. The maximum Gasteiger partial charge on any atom is 0.321 e. The van der Waals surface area contributed by atoms with Gasteiger partial charge < -0.3 is 24.6 Å². The number of nitrogens with one attached hydrogen (secondary N) is 1. The van der Waals surface area contributed by atoms with Crippen LogP contribution in [0.5, 0.6) is 0 Å². The van der Waals surface area contributed by atoms with Crippen molar-refractivity contribution in [2.24, 2.45) is 0 Å². The van der Waals surface area contributed by atoms with Gasteiger partial charge in [-0.1, -0.05) is 6.07 Å². The van der Waals surface area contributed by atoms with Gasteiger partial charge in [0.2, 0.25) is 0 Å². The molecule has 2 saturated heterocycles. The van der Waals surface area contributed by atoms with Gasteiger partial charge in [-0.15, -0.1) is 0 Å². The van der Waals surface area contributed by atoms with Gasteiger partial charge in [0.05, 0.1) is 13.2 Å². The Hall–Kier alpha value is -2.12. The molecule has 26 heavy (non-hydrogen) atoms. The molecule has 7 nitrogen and oxygen atoms in total. The zero-order valence-electron chi connectivity index (χ0n) is 14.9. The summed E-state index contributed by atoms with van der Waals surface area (Å²) in [4.78, 5) is 28.7. The first-order chi connectivity index (χ1) is 12.7. The zero-order chi connectivity index (χ0) is 17.9. The summed E-state index contributed by atoms with van der Waals surface area (Å²) in [6.45, 7) is 4.34.